The molecule has 6 rings (SSSR count). The van der Waals surface area contributed by atoms with Crippen LogP contribution in [0.1, 0.15) is 30.1 Å². The minimum Gasteiger partial charge on any atom is -0.497 e. The van der Waals surface area contributed by atoms with Crippen LogP contribution in [0.2, 0.25) is 0 Å². The molecule has 2 aromatic rings. The van der Waals surface area contributed by atoms with Crippen molar-refractivity contribution in [3.63, 3.8) is 0 Å². The molecule has 1 spiro atoms. The van der Waals surface area contributed by atoms with E-state index in [1.54, 1.807) is 7.11 Å². The van der Waals surface area contributed by atoms with E-state index in [9.17, 15) is 9.90 Å². The lowest BCUT2D eigenvalue weighted by atomic mass is 9.68. The summed E-state index contributed by atoms with van der Waals surface area (Å²) in [7, 11) is 3.81. The highest BCUT2D eigenvalue weighted by molar-refractivity contribution is 5.90. The number of morpholine rings is 1. The molecule has 8 heteroatoms. The van der Waals surface area contributed by atoms with Crippen LogP contribution in [0, 0.1) is 5.92 Å². The van der Waals surface area contributed by atoms with Crippen LogP contribution < -0.4 is 4.74 Å². The van der Waals surface area contributed by atoms with Gasteiger partial charge in [0.1, 0.15) is 5.75 Å². The van der Waals surface area contributed by atoms with Crippen molar-refractivity contribution in [2.24, 2.45) is 13.0 Å². The molecule has 1 atom stereocenters. The summed E-state index contributed by atoms with van der Waals surface area (Å²) in [5.41, 5.74) is 3.57. The number of carbonyl (C=O) groups excluding carboxylic acids is 1. The van der Waals surface area contributed by atoms with Gasteiger partial charge >= 0.3 is 0 Å². The topological polar surface area (TPSA) is 70.4 Å². The number of aliphatic hydroxyl groups is 1. The summed E-state index contributed by atoms with van der Waals surface area (Å²) in [4.78, 5) is 19.9. The monoisotopic (exact) mass is 468 g/mol. The fraction of sp³-hybridized carbons (Fsp3) is 0.654. The second-order valence-corrected chi connectivity index (χ2v) is 10.7. The molecule has 0 bridgehead atoms. The maximum Gasteiger partial charge on any atom is 0.236 e. The number of aryl methyl sites for hydroxylation is 1. The van der Waals surface area contributed by atoms with Gasteiger partial charge in [-0.2, -0.15) is 0 Å². The molecule has 2 saturated heterocycles. The molecule has 4 heterocycles. The number of fused-ring (bicyclic) bond motifs is 4. The number of nitrogens with zero attached hydrogens (tertiary/aromatic N) is 4. The predicted octanol–water partition coefficient (Wildman–Crippen LogP) is 1.36. The van der Waals surface area contributed by atoms with Crippen LogP contribution in [0.5, 0.6) is 5.75 Å². The maximum atomic E-state index is 13.1. The molecule has 0 unspecified atom stereocenters. The van der Waals surface area contributed by atoms with Crippen molar-refractivity contribution in [2.75, 3.05) is 72.7 Å². The van der Waals surface area contributed by atoms with E-state index in [4.69, 9.17) is 9.47 Å². The molecule has 1 amide bonds. The average Bonchev–Trinajstić information content (AvgIpc) is 3.60. The Kier molecular flexibility index (Phi) is 5.60. The molecule has 8 nitrogen and oxygen atoms in total. The van der Waals surface area contributed by atoms with Crippen LogP contribution in [-0.2, 0) is 22.0 Å². The Labute approximate surface area is 201 Å². The summed E-state index contributed by atoms with van der Waals surface area (Å²) in [6, 6.07) is 6.28. The standard InChI is InChI=1S/C26H36N4O4/c1-27-21-11-19(33-2)5-6-20(21)24-25(27)22(14-31)29(12-18-3-4-18)15-26(24)16-30(17-26)23(32)13-28-7-9-34-10-8-28/h5-6,11,18,22,31H,3-4,7-10,12-17H2,1-2H3/t22-/m0/s1. The van der Waals surface area contributed by atoms with Crippen LogP contribution in [0.15, 0.2) is 18.2 Å². The van der Waals surface area contributed by atoms with Gasteiger partial charge in [-0.1, -0.05) is 0 Å². The normalized spacial score (nSPS) is 24.9. The Morgan fingerprint density at radius 3 is 2.65 bits per heavy atom. The Bertz CT molecular complexity index is 1080. The number of hydrogen-bond acceptors (Lipinski definition) is 6. The van der Waals surface area contributed by atoms with E-state index in [0.29, 0.717) is 19.8 Å². The minimum absolute atomic E-state index is 0.0114. The third-order valence-corrected chi connectivity index (χ3v) is 8.41. The second kappa shape index (κ2) is 8.52. The predicted molar refractivity (Wildman–Crippen MR) is 129 cm³/mol. The third-order valence-electron chi connectivity index (χ3n) is 8.41. The SMILES string of the molecule is COc1ccc2c3c(n(C)c2c1)[C@H](CO)N(CC1CC1)CC31CN(C(=O)CN2CCOCC2)C1. The number of carbonyl (C=O) groups is 1. The van der Waals surface area contributed by atoms with E-state index >= 15 is 0 Å². The number of benzene rings is 1. The van der Waals surface area contributed by atoms with Gasteiger partial charge in [-0.15, -0.1) is 0 Å². The highest BCUT2D eigenvalue weighted by Crippen LogP contribution is 2.50. The lowest BCUT2D eigenvalue weighted by Gasteiger charge is -2.56. The molecule has 184 valence electrons. The van der Waals surface area contributed by atoms with Gasteiger partial charge in [0, 0.05) is 68.9 Å². The van der Waals surface area contributed by atoms with Crippen molar-refractivity contribution >= 4 is 16.8 Å². The lowest BCUT2D eigenvalue weighted by molar-refractivity contribution is -0.143. The van der Waals surface area contributed by atoms with E-state index < -0.39 is 0 Å². The summed E-state index contributed by atoms with van der Waals surface area (Å²) in [5, 5.41) is 11.7. The van der Waals surface area contributed by atoms with Crippen LogP contribution >= 0.6 is 0 Å². The van der Waals surface area contributed by atoms with Crippen molar-refractivity contribution in [3.8, 4) is 5.75 Å². The number of aliphatic hydroxyl groups excluding tert-OH is 1. The van der Waals surface area contributed by atoms with Crippen molar-refractivity contribution in [3.05, 3.63) is 29.5 Å². The van der Waals surface area contributed by atoms with Crippen molar-refractivity contribution in [1.82, 2.24) is 19.3 Å². The van der Waals surface area contributed by atoms with E-state index in [2.05, 4.69) is 33.5 Å². The summed E-state index contributed by atoms with van der Waals surface area (Å²) < 4.78 is 13.2. The first-order chi connectivity index (χ1) is 16.5. The van der Waals surface area contributed by atoms with Crippen LogP contribution in [0.3, 0.4) is 0 Å². The number of aromatic nitrogens is 1. The summed E-state index contributed by atoms with van der Waals surface area (Å²) in [5.74, 6) is 1.79. The van der Waals surface area contributed by atoms with Gasteiger partial charge < -0.3 is 24.0 Å². The lowest BCUT2D eigenvalue weighted by Crippen LogP contribution is -2.68. The number of ether oxygens (including phenoxy) is 2. The van der Waals surface area contributed by atoms with Gasteiger partial charge in [-0.25, -0.2) is 0 Å². The second-order valence-electron chi connectivity index (χ2n) is 10.7. The minimum atomic E-state index is -0.0926. The number of likely N-dealkylation sites (tertiary alicyclic amines) is 1. The number of amides is 1. The zero-order chi connectivity index (χ0) is 23.4. The third kappa shape index (κ3) is 3.63. The molecule has 1 aromatic heterocycles. The number of hydrogen-bond donors (Lipinski definition) is 1. The highest BCUT2D eigenvalue weighted by atomic mass is 16.5. The van der Waals surface area contributed by atoms with Gasteiger partial charge in [-0.05, 0) is 36.5 Å². The average molecular weight is 469 g/mol. The summed E-state index contributed by atoms with van der Waals surface area (Å²) >= 11 is 0. The van der Waals surface area contributed by atoms with E-state index in [1.165, 1.54) is 29.5 Å². The smallest absolute Gasteiger partial charge is 0.236 e. The fourth-order valence-corrected chi connectivity index (χ4v) is 6.46. The van der Waals surface area contributed by atoms with Gasteiger partial charge in [0.2, 0.25) is 5.91 Å². The van der Waals surface area contributed by atoms with E-state index in [1.807, 2.05) is 11.0 Å². The quantitative estimate of drug-likeness (QED) is 0.691. The summed E-state index contributed by atoms with van der Waals surface area (Å²) in [6.45, 7) is 7.06. The maximum absolute atomic E-state index is 13.1. The Morgan fingerprint density at radius 1 is 1.21 bits per heavy atom. The van der Waals surface area contributed by atoms with Crippen molar-refractivity contribution in [2.45, 2.75) is 24.3 Å². The zero-order valence-electron chi connectivity index (χ0n) is 20.3. The number of rotatable bonds is 6. The summed E-state index contributed by atoms with van der Waals surface area (Å²) in [6.07, 6.45) is 2.57. The molecule has 1 aromatic carbocycles. The molecule has 1 saturated carbocycles. The first-order valence-electron chi connectivity index (χ1n) is 12.6. The molecular weight excluding hydrogens is 432 g/mol. The van der Waals surface area contributed by atoms with Gasteiger partial charge in [-0.3, -0.25) is 14.6 Å². The molecular formula is C26H36N4O4. The van der Waals surface area contributed by atoms with Crippen molar-refractivity contribution in [1.29, 1.82) is 0 Å². The fourth-order valence-electron chi connectivity index (χ4n) is 6.46. The molecule has 4 aliphatic rings. The highest BCUT2D eigenvalue weighted by Gasteiger charge is 2.54. The van der Waals surface area contributed by atoms with E-state index in [-0.39, 0.29) is 24.0 Å². The molecule has 0 radical (unpaired) electrons. The molecule has 3 aliphatic heterocycles. The Morgan fingerprint density at radius 2 is 1.97 bits per heavy atom. The molecule has 1 aliphatic carbocycles. The van der Waals surface area contributed by atoms with Crippen LogP contribution in [-0.4, -0.2) is 103 Å². The zero-order valence-corrected chi connectivity index (χ0v) is 20.3. The first-order valence-corrected chi connectivity index (χ1v) is 12.6. The first kappa shape index (κ1) is 22.3. The Balaban J connectivity index is 1.35. The van der Waals surface area contributed by atoms with Gasteiger partial charge in [0.05, 0.1) is 45.0 Å². The van der Waals surface area contributed by atoms with Crippen molar-refractivity contribution < 1.29 is 19.4 Å². The number of methoxy groups -OCH3 is 1. The largest absolute Gasteiger partial charge is 0.497 e. The van der Waals surface area contributed by atoms with Crippen LogP contribution in [0.4, 0.5) is 0 Å². The van der Waals surface area contributed by atoms with Gasteiger partial charge in [0.25, 0.3) is 0 Å². The van der Waals surface area contributed by atoms with Gasteiger partial charge in [0.15, 0.2) is 0 Å². The van der Waals surface area contributed by atoms with Crippen LogP contribution in [0.25, 0.3) is 10.9 Å². The molecule has 3 fully saturated rings. The molecule has 1 N–H and O–H groups in total. The Hall–Kier alpha value is -2.13. The van der Waals surface area contributed by atoms with E-state index in [0.717, 1.165) is 56.5 Å². The molecule has 34 heavy (non-hydrogen) atoms.